The number of nitrogens with one attached hydrogen (secondary N) is 1. The Bertz CT molecular complexity index is 1100. The van der Waals surface area contributed by atoms with Gasteiger partial charge in [-0.1, -0.05) is 262 Å². The van der Waals surface area contributed by atoms with Gasteiger partial charge in [-0.2, -0.15) is 0 Å². The number of carbonyl (C=O) groups is 2. The molecule has 3 N–H and O–H groups in total. The van der Waals surface area contributed by atoms with Crippen molar-refractivity contribution in [3.63, 3.8) is 0 Å². The normalized spacial score (nSPS) is 12.8. The first-order valence-corrected chi connectivity index (χ1v) is 30.3. The van der Waals surface area contributed by atoms with Crippen molar-refractivity contribution in [2.75, 3.05) is 13.2 Å². The van der Waals surface area contributed by atoms with Gasteiger partial charge in [0, 0.05) is 12.8 Å². The fourth-order valence-electron chi connectivity index (χ4n) is 9.21. The Kier molecular flexibility index (Phi) is 56.0. The van der Waals surface area contributed by atoms with E-state index in [1.54, 1.807) is 6.08 Å². The minimum Gasteiger partial charge on any atom is -0.466 e. The number of hydrogen-bond acceptors (Lipinski definition) is 5. The van der Waals surface area contributed by atoms with E-state index in [9.17, 15) is 19.8 Å². The van der Waals surface area contributed by atoms with Gasteiger partial charge in [0.2, 0.25) is 5.91 Å². The molecular weight excluding hydrogens is 839 g/mol. The topological polar surface area (TPSA) is 95.9 Å². The number of amides is 1. The number of esters is 1. The standard InChI is InChI=1S/C62H117NO5/c1-3-5-7-9-11-13-15-16-32-36-40-44-48-52-56-62(67)68-57-53-49-45-41-37-33-30-28-26-24-22-20-18-17-19-21-23-25-27-29-31-35-39-43-47-51-55-61(66)63-59(58-64)60(65)54-50-46-42-38-34-14-12-10-8-6-4-2/h15-17,19,50,54,59-60,64-65H,3-14,18,20-49,51-53,55-58H2,1-2H3,(H,63,66)/b16-15-,19-17-,54-50+. The smallest absolute Gasteiger partial charge is 0.305 e. The van der Waals surface area contributed by atoms with E-state index in [2.05, 4.69) is 43.5 Å². The van der Waals surface area contributed by atoms with E-state index in [1.807, 2.05) is 6.08 Å². The molecule has 0 aliphatic heterocycles. The van der Waals surface area contributed by atoms with Gasteiger partial charge in [0.05, 0.1) is 25.4 Å². The van der Waals surface area contributed by atoms with Gasteiger partial charge < -0.3 is 20.3 Å². The zero-order chi connectivity index (χ0) is 49.3. The molecule has 2 atom stereocenters. The Morgan fingerprint density at radius 2 is 0.691 bits per heavy atom. The average molecular weight is 957 g/mol. The molecule has 0 heterocycles. The number of hydrogen-bond donors (Lipinski definition) is 3. The Hall–Kier alpha value is -1.92. The van der Waals surface area contributed by atoms with Crippen LogP contribution in [0.4, 0.5) is 0 Å². The maximum absolute atomic E-state index is 12.4. The van der Waals surface area contributed by atoms with Crippen LogP contribution in [0.25, 0.3) is 0 Å². The molecule has 6 nitrogen and oxygen atoms in total. The van der Waals surface area contributed by atoms with Gasteiger partial charge in [0.1, 0.15) is 0 Å². The van der Waals surface area contributed by atoms with Crippen molar-refractivity contribution in [3.05, 3.63) is 36.5 Å². The molecule has 68 heavy (non-hydrogen) atoms. The molecule has 0 bridgehead atoms. The van der Waals surface area contributed by atoms with Crippen LogP contribution in [0.2, 0.25) is 0 Å². The SMILES string of the molecule is CCCCCCC/C=C\CCCCCCCC(=O)OCCCCCCCCCCCCCC/C=C\CCCCCCCCCCCCC(=O)NC(CO)C(O)/C=C/CCCCCCCCCCC. The van der Waals surface area contributed by atoms with Crippen LogP contribution in [0.3, 0.4) is 0 Å². The monoisotopic (exact) mass is 956 g/mol. The van der Waals surface area contributed by atoms with Crippen LogP contribution in [-0.4, -0.2) is 47.4 Å². The minimum atomic E-state index is -0.844. The fraction of sp³-hybridized carbons (Fsp3) is 0.871. The predicted octanol–water partition coefficient (Wildman–Crippen LogP) is 18.8. The summed E-state index contributed by atoms with van der Waals surface area (Å²) in [7, 11) is 0. The van der Waals surface area contributed by atoms with Crippen molar-refractivity contribution in [2.24, 2.45) is 0 Å². The molecule has 1 amide bonds. The predicted molar refractivity (Wildman–Crippen MR) is 296 cm³/mol. The third kappa shape index (κ3) is 53.4. The molecule has 0 aliphatic carbocycles. The second-order valence-corrected chi connectivity index (χ2v) is 20.7. The number of aliphatic hydroxyl groups is 2. The van der Waals surface area contributed by atoms with Crippen LogP contribution < -0.4 is 5.32 Å². The fourth-order valence-corrected chi connectivity index (χ4v) is 9.21. The summed E-state index contributed by atoms with van der Waals surface area (Å²) in [5.41, 5.74) is 0. The lowest BCUT2D eigenvalue weighted by atomic mass is 10.0. The molecule has 0 radical (unpaired) electrons. The molecule has 0 aliphatic rings. The lowest BCUT2D eigenvalue weighted by Gasteiger charge is -2.20. The lowest BCUT2D eigenvalue weighted by molar-refractivity contribution is -0.143. The molecule has 6 heteroatoms. The van der Waals surface area contributed by atoms with Gasteiger partial charge in [-0.25, -0.2) is 0 Å². The van der Waals surface area contributed by atoms with E-state index in [1.165, 1.54) is 250 Å². The lowest BCUT2D eigenvalue weighted by Crippen LogP contribution is -2.45. The molecule has 0 rings (SSSR count). The van der Waals surface area contributed by atoms with Crippen molar-refractivity contribution in [2.45, 2.75) is 334 Å². The Morgan fingerprint density at radius 3 is 1.04 bits per heavy atom. The van der Waals surface area contributed by atoms with Crippen LogP contribution in [0.1, 0.15) is 322 Å². The van der Waals surface area contributed by atoms with E-state index >= 15 is 0 Å². The molecule has 0 aromatic carbocycles. The van der Waals surface area contributed by atoms with Crippen molar-refractivity contribution in [1.82, 2.24) is 5.32 Å². The summed E-state index contributed by atoms with van der Waals surface area (Å²) in [6, 6.07) is -0.628. The van der Waals surface area contributed by atoms with Crippen LogP contribution in [0, 0.1) is 0 Å². The van der Waals surface area contributed by atoms with E-state index in [4.69, 9.17) is 4.74 Å². The van der Waals surface area contributed by atoms with Crippen molar-refractivity contribution >= 4 is 11.9 Å². The zero-order valence-electron chi connectivity index (χ0n) is 45.6. The van der Waals surface area contributed by atoms with Crippen molar-refractivity contribution in [3.8, 4) is 0 Å². The van der Waals surface area contributed by atoms with Gasteiger partial charge in [-0.15, -0.1) is 0 Å². The maximum Gasteiger partial charge on any atom is 0.305 e. The van der Waals surface area contributed by atoms with Crippen LogP contribution in [-0.2, 0) is 14.3 Å². The highest BCUT2D eigenvalue weighted by Gasteiger charge is 2.18. The highest BCUT2D eigenvalue weighted by atomic mass is 16.5. The molecule has 0 fully saturated rings. The molecule has 0 aromatic heterocycles. The van der Waals surface area contributed by atoms with Crippen molar-refractivity contribution in [1.29, 1.82) is 0 Å². The molecule has 400 valence electrons. The second-order valence-electron chi connectivity index (χ2n) is 20.7. The number of carbonyl (C=O) groups excluding carboxylic acids is 2. The van der Waals surface area contributed by atoms with Crippen LogP contribution in [0.5, 0.6) is 0 Å². The summed E-state index contributed by atoms with van der Waals surface area (Å²) >= 11 is 0. The Labute approximate surface area is 424 Å². The second kappa shape index (κ2) is 57.7. The van der Waals surface area contributed by atoms with E-state index in [0.29, 0.717) is 19.4 Å². The third-order valence-corrected chi connectivity index (χ3v) is 13.9. The molecule has 0 saturated heterocycles. The molecular formula is C62H117NO5. The first-order chi connectivity index (χ1) is 33.5. The first-order valence-electron chi connectivity index (χ1n) is 30.3. The van der Waals surface area contributed by atoms with Crippen LogP contribution in [0.15, 0.2) is 36.5 Å². The molecule has 0 spiro atoms. The average Bonchev–Trinajstić information content (AvgIpc) is 3.34. The molecule has 2 unspecified atom stereocenters. The Morgan fingerprint density at radius 1 is 0.397 bits per heavy atom. The number of allylic oxidation sites excluding steroid dienone is 5. The number of rotatable bonds is 56. The van der Waals surface area contributed by atoms with Gasteiger partial charge in [0.25, 0.3) is 0 Å². The summed E-state index contributed by atoms with van der Waals surface area (Å²) in [5, 5.41) is 23.0. The van der Waals surface area contributed by atoms with Gasteiger partial charge in [-0.3, -0.25) is 9.59 Å². The summed E-state index contributed by atoms with van der Waals surface area (Å²) in [4.78, 5) is 24.5. The minimum absolute atomic E-state index is 0.00509. The van der Waals surface area contributed by atoms with Gasteiger partial charge in [0.15, 0.2) is 0 Å². The molecule has 0 aromatic rings. The van der Waals surface area contributed by atoms with E-state index in [-0.39, 0.29) is 18.5 Å². The number of aliphatic hydroxyl groups excluding tert-OH is 2. The number of unbranched alkanes of at least 4 members (excludes halogenated alkanes) is 41. The van der Waals surface area contributed by atoms with Gasteiger partial charge in [-0.05, 0) is 83.5 Å². The summed E-state index contributed by atoms with van der Waals surface area (Å²) < 4.78 is 5.48. The first kappa shape index (κ1) is 66.1. The largest absolute Gasteiger partial charge is 0.466 e. The van der Waals surface area contributed by atoms with E-state index in [0.717, 1.165) is 44.9 Å². The van der Waals surface area contributed by atoms with Gasteiger partial charge >= 0.3 is 5.97 Å². The zero-order valence-corrected chi connectivity index (χ0v) is 45.6. The maximum atomic E-state index is 12.4. The third-order valence-electron chi connectivity index (χ3n) is 13.9. The summed E-state index contributed by atoms with van der Waals surface area (Å²) in [6.45, 7) is 4.88. The summed E-state index contributed by atoms with van der Waals surface area (Å²) in [6.07, 6.45) is 71.9. The van der Waals surface area contributed by atoms with Crippen LogP contribution >= 0.6 is 0 Å². The molecule has 0 saturated carbocycles. The highest BCUT2D eigenvalue weighted by molar-refractivity contribution is 5.76. The Balaban J connectivity index is 3.39. The van der Waals surface area contributed by atoms with E-state index < -0.39 is 12.1 Å². The quantitative estimate of drug-likeness (QED) is 0.0321. The highest BCUT2D eigenvalue weighted by Crippen LogP contribution is 2.16. The summed E-state index contributed by atoms with van der Waals surface area (Å²) in [5.74, 6) is -0.0658. The van der Waals surface area contributed by atoms with Crippen molar-refractivity contribution < 1.29 is 24.5 Å². The number of ether oxygens (including phenoxy) is 1.